The van der Waals surface area contributed by atoms with Crippen molar-refractivity contribution in [2.24, 2.45) is 13.5 Å². The van der Waals surface area contributed by atoms with Crippen molar-refractivity contribution >= 4 is 23.0 Å². The lowest BCUT2D eigenvalue weighted by Crippen LogP contribution is -2.13. The van der Waals surface area contributed by atoms with Crippen LogP contribution in [0.4, 0.5) is 79.0 Å². The van der Waals surface area contributed by atoms with Gasteiger partial charge in [-0.2, -0.15) is 79.0 Å². The molecule has 0 radical (unpaired) electrons. The van der Waals surface area contributed by atoms with Gasteiger partial charge in [-0.3, -0.25) is 0 Å². The fourth-order valence-corrected chi connectivity index (χ4v) is 13.4. The van der Waals surface area contributed by atoms with E-state index in [4.69, 9.17) is 27.1 Å². The molecule has 0 aromatic carbocycles. The van der Waals surface area contributed by atoms with Gasteiger partial charge in [-0.05, 0) is 38.5 Å². The van der Waals surface area contributed by atoms with Gasteiger partial charge in [0.25, 0.3) is 0 Å². The Bertz CT molecular complexity index is 1040. The van der Waals surface area contributed by atoms with E-state index in [1.807, 2.05) is 0 Å². The summed E-state index contributed by atoms with van der Waals surface area (Å²) in [4.78, 5) is 0. The summed E-state index contributed by atoms with van der Waals surface area (Å²) in [7, 11) is -15.0. The first-order valence-electron chi connectivity index (χ1n) is 15.6. The molecule has 0 aromatic rings. The number of hydrogen-bond acceptors (Lipinski definition) is 9. The Labute approximate surface area is 296 Å². The van der Waals surface area contributed by atoms with E-state index < -0.39 is 177 Å². The molecule has 0 aromatic heterocycles. The van der Waals surface area contributed by atoms with Crippen LogP contribution in [0.5, 0.6) is 0 Å². The van der Waals surface area contributed by atoms with Gasteiger partial charge in [-0.15, -0.1) is 13.5 Å². The molecule has 30 heteroatoms. The van der Waals surface area contributed by atoms with Gasteiger partial charge in [0.1, 0.15) is 0 Å². The van der Waals surface area contributed by atoms with E-state index in [0.29, 0.717) is 0 Å². The van der Waals surface area contributed by atoms with Crippen LogP contribution in [0.15, 0.2) is 13.5 Å². The Balaban J connectivity index is 3.99. The fourth-order valence-electron chi connectivity index (χ4n) is 3.64. The molecule has 1 rings (SSSR count). The van der Waals surface area contributed by atoms with Gasteiger partial charge in [0.15, 0.2) is 0 Å². The molecule has 0 spiro atoms. The van der Waals surface area contributed by atoms with Crippen LogP contribution in [0, 0.1) is 0 Å². The molecule has 0 saturated carbocycles. The van der Waals surface area contributed by atoms with E-state index in [1.54, 1.807) is 0 Å². The van der Waals surface area contributed by atoms with E-state index in [-0.39, 0.29) is 0 Å². The maximum absolute atomic E-state index is 12.9. The van der Waals surface area contributed by atoms with Crippen molar-refractivity contribution in [3.05, 3.63) is 0 Å². The Morgan fingerprint density at radius 3 is 0.500 bits per heavy atom. The average Bonchev–Trinajstić information content (AvgIpc) is 2.96. The largest absolute Gasteiger partial charge is 0.389 e. The molecule has 0 atom stereocenters. The number of rotatable bonds is 24. The quantitative estimate of drug-likeness (QED) is 0.0544. The van der Waals surface area contributed by atoms with E-state index in [2.05, 4.69) is 13.5 Å². The van der Waals surface area contributed by atoms with Gasteiger partial charge < -0.3 is 27.1 Å². The van der Waals surface area contributed by atoms with Crippen LogP contribution < -0.4 is 0 Å². The molecule has 0 fully saturated rings. The van der Waals surface area contributed by atoms with E-state index in [9.17, 15) is 79.0 Å². The molecular formula is C24H36F18N3O6P3. The van der Waals surface area contributed by atoms with Crippen molar-refractivity contribution in [2.75, 3.05) is 39.6 Å². The highest BCUT2D eigenvalue weighted by Gasteiger charge is 2.44. The summed E-state index contributed by atoms with van der Waals surface area (Å²) in [5.41, 5.74) is 0. The second-order valence-electron chi connectivity index (χ2n) is 11.1. The third-order valence-corrected chi connectivity index (χ3v) is 14.4. The maximum atomic E-state index is 12.9. The summed E-state index contributed by atoms with van der Waals surface area (Å²) < 4.78 is 276. The fraction of sp³-hybridized carbons (Fsp3) is 1.00. The van der Waals surface area contributed by atoms with Gasteiger partial charge in [0.2, 0.25) is 0 Å². The summed E-state index contributed by atoms with van der Waals surface area (Å²) in [6, 6.07) is 0. The third kappa shape index (κ3) is 25.4. The lowest BCUT2D eigenvalue weighted by Gasteiger charge is -2.33. The Hall–Kier alpha value is -0.810. The van der Waals surface area contributed by atoms with Crippen molar-refractivity contribution in [2.45, 2.75) is 114 Å². The lowest BCUT2D eigenvalue weighted by molar-refractivity contribution is -0.137. The minimum atomic E-state index is -4.99. The minimum absolute atomic E-state index is 0.950. The normalized spacial score (nSPS) is 17.9. The van der Waals surface area contributed by atoms with E-state index >= 15 is 0 Å². The first-order valence-corrected chi connectivity index (χ1v) is 20.1. The zero-order chi connectivity index (χ0) is 41.6. The molecule has 1 aliphatic heterocycles. The topological polar surface area (TPSA) is 92.5 Å². The third-order valence-electron chi connectivity index (χ3n) is 5.86. The molecule has 54 heavy (non-hydrogen) atoms. The maximum Gasteiger partial charge on any atom is 0.389 e. The summed E-state index contributed by atoms with van der Waals surface area (Å²) in [6.45, 7) is -6.48. The molecule has 324 valence electrons. The van der Waals surface area contributed by atoms with Crippen LogP contribution in [-0.2, 0) is 27.1 Å². The van der Waals surface area contributed by atoms with Gasteiger partial charge in [-0.1, -0.05) is 0 Å². The highest BCUT2D eigenvalue weighted by molar-refractivity contribution is 7.78. The molecule has 0 amide bonds. The van der Waals surface area contributed by atoms with Crippen LogP contribution in [0.3, 0.4) is 0 Å². The van der Waals surface area contributed by atoms with Crippen LogP contribution in [0.2, 0.25) is 0 Å². The number of hydrogen-bond donors (Lipinski definition) is 0. The Kier molecular flexibility index (Phi) is 20.2. The number of nitrogens with zero attached hydrogens (tertiary/aromatic N) is 3. The van der Waals surface area contributed by atoms with E-state index in [0.717, 1.165) is 0 Å². The van der Waals surface area contributed by atoms with Crippen molar-refractivity contribution < 1.29 is 106 Å². The molecule has 1 aliphatic rings. The van der Waals surface area contributed by atoms with Crippen molar-refractivity contribution in [1.29, 1.82) is 0 Å². The second-order valence-corrected chi connectivity index (χ2v) is 17.7. The van der Waals surface area contributed by atoms with E-state index in [1.165, 1.54) is 0 Å². The molecule has 0 bridgehead atoms. The summed E-state index contributed by atoms with van der Waals surface area (Å²) in [5, 5.41) is 0. The zero-order valence-electron chi connectivity index (χ0n) is 27.7. The average molecular weight is 897 g/mol. The second kappa shape index (κ2) is 21.3. The first-order chi connectivity index (χ1) is 24.4. The highest BCUT2D eigenvalue weighted by atomic mass is 31.3. The standard InChI is InChI=1S/C24H36F18N3O6P3/c25-19(26,27)7-1-13-46-52(47-14-2-8-20(28,29)30)43-53(48-15-3-9-21(31,32)33,49-16-4-10-22(34,35)36)45-54(44-52,50-17-5-11-23(37,38)39)51-18-6-12-24(40,41)42/h1-18H2. The van der Waals surface area contributed by atoms with Crippen LogP contribution in [0.1, 0.15) is 77.0 Å². The van der Waals surface area contributed by atoms with Crippen molar-refractivity contribution in [1.82, 2.24) is 0 Å². The Morgan fingerprint density at radius 1 is 0.259 bits per heavy atom. The predicted octanol–water partition coefficient (Wildman–Crippen LogP) is 14.0. The van der Waals surface area contributed by atoms with Gasteiger partial charge in [0, 0.05) is 38.5 Å². The molecular weight excluding hydrogens is 861 g/mol. The lowest BCUT2D eigenvalue weighted by atomic mass is 10.3. The summed E-state index contributed by atoms with van der Waals surface area (Å²) >= 11 is 0. The summed E-state index contributed by atoms with van der Waals surface area (Å²) in [6.07, 6.45) is -44.1. The summed E-state index contributed by atoms with van der Waals surface area (Å²) in [5.74, 6) is 0. The Morgan fingerprint density at radius 2 is 0.389 bits per heavy atom. The van der Waals surface area contributed by atoms with Crippen LogP contribution >= 0.6 is 23.0 Å². The van der Waals surface area contributed by atoms with Crippen LogP contribution in [0.25, 0.3) is 0 Å². The van der Waals surface area contributed by atoms with Gasteiger partial charge >= 0.3 is 60.0 Å². The highest BCUT2D eigenvalue weighted by Crippen LogP contribution is 2.80. The SMILES string of the molecule is FC(F)(F)CCCOP1(OCCCC(F)(F)F)=NP(OCCCC(F)(F)F)(OCCCC(F)(F)F)=NP(OCCCC(F)(F)F)(OCCCC(F)(F)F)=N1. The first kappa shape index (κ1) is 51.2. The number of alkyl halides is 18. The molecule has 0 N–H and O–H groups in total. The molecule has 9 nitrogen and oxygen atoms in total. The molecule has 0 saturated heterocycles. The van der Waals surface area contributed by atoms with Gasteiger partial charge in [0.05, 0.1) is 39.6 Å². The van der Waals surface area contributed by atoms with Crippen molar-refractivity contribution in [3.8, 4) is 0 Å². The predicted molar refractivity (Wildman–Crippen MR) is 155 cm³/mol. The molecule has 0 unspecified atom stereocenters. The van der Waals surface area contributed by atoms with Crippen LogP contribution in [-0.4, -0.2) is 76.7 Å². The molecule has 1 heterocycles. The monoisotopic (exact) mass is 897 g/mol. The minimum Gasteiger partial charge on any atom is -0.306 e. The molecule has 0 aliphatic carbocycles. The zero-order valence-corrected chi connectivity index (χ0v) is 30.3. The number of halogens is 18. The van der Waals surface area contributed by atoms with Crippen molar-refractivity contribution in [3.63, 3.8) is 0 Å². The smallest absolute Gasteiger partial charge is 0.306 e. The van der Waals surface area contributed by atoms with Gasteiger partial charge in [-0.25, -0.2) is 0 Å².